The maximum Gasteiger partial charge on any atom is 0.247 e. The first-order chi connectivity index (χ1) is 16.9. The molecule has 0 aliphatic carbocycles. The molecule has 190 valence electrons. The van der Waals surface area contributed by atoms with Crippen LogP contribution < -0.4 is 15.0 Å². The Morgan fingerprint density at radius 3 is 2.43 bits per heavy atom. The average molecular weight is 547 g/mol. The molecule has 0 saturated carbocycles. The van der Waals surface area contributed by atoms with Crippen LogP contribution in [-0.4, -0.2) is 52.5 Å². The lowest BCUT2D eigenvalue weighted by atomic mass is 10.2. The largest absolute Gasteiger partial charge is 0.494 e. The Morgan fingerprint density at radius 2 is 1.89 bits per heavy atom. The summed E-state index contributed by atoms with van der Waals surface area (Å²) < 4.78 is 18.6. The SMILES string of the molecule is [C-]#[N+]c1c(C)nsc1N=Nc1cc(OC)c(N(CCSOOO)CCSOOO)cc1NC(C)=O. The Bertz CT molecular complexity index is 1040. The van der Waals surface area contributed by atoms with Gasteiger partial charge < -0.3 is 15.0 Å². The van der Waals surface area contributed by atoms with E-state index in [0.717, 1.165) is 35.6 Å². The van der Waals surface area contributed by atoms with Crippen LogP contribution in [0.3, 0.4) is 0 Å². The van der Waals surface area contributed by atoms with E-state index in [1.807, 2.05) is 4.90 Å². The van der Waals surface area contributed by atoms with Crippen molar-refractivity contribution in [2.75, 3.05) is 41.9 Å². The maximum absolute atomic E-state index is 11.9. The van der Waals surface area contributed by atoms with Crippen LogP contribution in [-0.2, 0) is 23.5 Å². The van der Waals surface area contributed by atoms with Crippen molar-refractivity contribution in [2.24, 2.45) is 10.2 Å². The predicted octanol–water partition coefficient (Wildman–Crippen LogP) is 5.33. The highest BCUT2D eigenvalue weighted by Gasteiger charge is 2.18. The van der Waals surface area contributed by atoms with Crippen molar-refractivity contribution >= 4 is 69.3 Å². The number of nitrogens with one attached hydrogen (secondary N) is 1. The van der Waals surface area contributed by atoms with Crippen molar-refractivity contribution in [1.29, 1.82) is 0 Å². The third-order valence-electron chi connectivity index (χ3n) is 4.17. The number of aromatic nitrogens is 1. The van der Waals surface area contributed by atoms with Crippen molar-refractivity contribution in [3.05, 3.63) is 29.2 Å². The minimum atomic E-state index is -0.326. The molecule has 0 aliphatic rings. The number of methoxy groups -OCH3 is 1. The second kappa shape index (κ2) is 15.5. The van der Waals surface area contributed by atoms with E-state index >= 15 is 0 Å². The molecule has 1 aromatic heterocycles. The first-order valence-corrected chi connectivity index (χ1v) is 12.2. The number of anilines is 2. The number of rotatable bonds is 15. The second-order valence-corrected chi connectivity index (χ2v) is 8.68. The smallest absolute Gasteiger partial charge is 0.247 e. The molecule has 2 aromatic rings. The summed E-state index contributed by atoms with van der Waals surface area (Å²) in [5, 5.41) is 35.4. The molecule has 0 radical (unpaired) electrons. The van der Waals surface area contributed by atoms with Crippen LogP contribution >= 0.6 is 35.6 Å². The Labute approximate surface area is 213 Å². The van der Waals surface area contributed by atoms with Gasteiger partial charge in [-0.1, -0.05) is 10.1 Å². The van der Waals surface area contributed by atoms with Gasteiger partial charge in [-0.05, 0) is 24.5 Å². The van der Waals surface area contributed by atoms with E-state index in [-0.39, 0.29) is 5.91 Å². The summed E-state index contributed by atoms with van der Waals surface area (Å²) in [6.45, 7) is 11.2. The predicted molar refractivity (Wildman–Crippen MR) is 131 cm³/mol. The van der Waals surface area contributed by atoms with E-state index in [1.165, 1.54) is 14.0 Å². The molecule has 2 rings (SSSR count). The van der Waals surface area contributed by atoms with E-state index in [2.05, 4.69) is 43.5 Å². The molecule has 14 nitrogen and oxygen atoms in total. The highest BCUT2D eigenvalue weighted by Crippen LogP contribution is 2.41. The van der Waals surface area contributed by atoms with Crippen LogP contribution in [0.2, 0.25) is 0 Å². The summed E-state index contributed by atoms with van der Waals surface area (Å²) in [5.41, 5.74) is 2.14. The number of ether oxygens (including phenoxy) is 1. The zero-order chi connectivity index (χ0) is 25.6. The number of amides is 1. The summed E-state index contributed by atoms with van der Waals surface area (Å²) in [4.78, 5) is 17.2. The first-order valence-electron chi connectivity index (χ1n) is 9.64. The van der Waals surface area contributed by atoms with Gasteiger partial charge in [0.15, 0.2) is 5.00 Å². The lowest BCUT2D eigenvalue weighted by Crippen LogP contribution is -2.29. The topological polar surface area (TPSA) is 161 Å². The molecule has 17 heteroatoms. The normalized spacial score (nSPS) is 11.0. The van der Waals surface area contributed by atoms with Crippen LogP contribution in [0.4, 0.5) is 27.8 Å². The van der Waals surface area contributed by atoms with Crippen molar-refractivity contribution in [3.8, 4) is 5.75 Å². The number of carbonyl (C=O) groups excluding carboxylic acids is 1. The van der Waals surface area contributed by atoms with Crippen molar-refractivity contribution in [2.45, 2.75) is 13.8 Å². The molecule has 0 atom stereocenters. The van der Waals surface area contributed by atoms with Crippen molar-refractivity contribution < 1.29 is 38.8 Å². The van der Waals surface area contributed by atoms with Gasteiger partial charge in [0.05, 0.1) is 30.8 Å². The van der Waals surface area contributed by atoms with Gasteiger partial charge >= 0.3 is 0 Å². The minimum Gasteiger partial charge on any atom is -0.494 e. The highest BCUT2D eigenvalue weighted by atomic mass is 32.2. The van der Waals surface area contributed by atoms with Gasteiger partial charge in [0.25, 0.3) is 0 Å². The van der Waals surface area contributed by atoms with E-state index in [9.17, 15) is 4.79 Å². The van der Waals surface area contributed by atoms with Gasteiger partial charge in [-0.3, -0.25) is 4.79 Å². The summed E-state index contributed by atoms with van der Waals surface area (Å²) in [5.74, 6) is 0.861. The molecule has 35 heavy (non-hydrogen) atoms. The standard InChI is InChI=1S/C18H22N6O8S3/c1-11-17(19-3)18(35-23-11)22-21-14-10-16(28-4)15(9-13(14)20-12(2)25)24(5-7-33-31-29-26)6-8-34-32-30-27/h9-10,26-27H,5-8H2,1-2,4H3,(H,20,25). The molecule has 3 N–H and O–H groups in total. The van der Waals surface area contributed by atoms with E-state index < -0.39 is 0 Å². The monoisotopic (exact) mass is 546 g/mol. The molecule has 1 heterocycles. The summed E-state index contributed by atoms with van der Waals surface area (Å²) >= 11 is 2.79. The molecule has 1 amide bonds. The van der Waals surface area contributed by atoms with E-state index in [1.54, 1.807) is 19.1 Å². The van der Waals surface area contributed by atoms with Gasteiger partial charge in [0.1, 0.15) is 11.4 Å². The molecular formula is C18H22N6O8S3. The summed E-state index contributed by atoms with van der Waals surface area (Å²) in [6, 6.07) is 3.27. The van der Waals surface area contributed by atoms with Crippen LogP contribution in [0.5, 0.6) is 5.75 Å². The number of nitrogens with zero attached hydrogens (tertiary/aromatic N) is 5. The molecule has 0 unspecified atom stereocenters. The fourth-order valence-corrected chi connectivity index (χ4v) is 4.23. The second-order valence-electron chi connectivity index (χ2n) is 6.37. The minimum absolute atomic E-state index is 0.306. The molecule has 0 aliphatic heterocycles. The third kappa shape index (κ3) is 8.88. The van der Waals surface area contributed by atoms with E-state index in [4.69, 9.17) is 21.8 Å². The molecule has 0 fully saturated rings. The maximum atomic E-state index is 11.9. The van der Waals surface area contributed by atoms with Crippen LogP contribution in [0.15, 0.2) is 22.4 Å². The average Bonchev–Trinajstić information content (AvgIpc) is 3.20. The molecule has 0 spiro atoms. The van der Waals surface area contributed by atoms with Crippen molar-refractivity contribution in [1.82, 2.24) is 4.37 Å². The lowest BCUT2D eigenvalue weighted by molar-refractivity contribution is -0.432. The van der Waals surface area contributed by atoms with Crippen LogP contribution in [0.25, 0.3) is 4.85 Å². The molecule has 0 saturated heterocycles. The Kier molecular flexibility index (Phi) is 12.7. The zero-order valence-electron chi connectivity index (χ0n) is 18.8. The quantitative estimate of drug-likeness (QED) is 0.0658. The number of aryl methyl sites for hydroxylation is 1. The zero-order valence-corrected chi connectivity index (χ0v) is 21.2. The molecular weight excluding hydrogens is 524 g/mol. The summed E-state index contributed by atoms with van der Waals surface area (Å²) in [7, 11) is 1.48. The summed E-state index contributed by atoms with van der Waals surface area (Å²) in [6.07, 6.45) is 0. The Morgan fingerprint density at radius 1 is 1.23 bits per heavy atom. The third-order valence-corrected chi connectivity index (χ3v) is 6.00. The fraction of sp³-hybridized carbons (Fsp3) is 0.389. The van der Waals surface area contributed by atoms with Gasteiger partial charge in [-0.2, -0.15) is 0 Å². The number of azo groups is 1. The number of hydrogen-bond acceptors (Lipinski definition) is 15. The number of hydrogen-bond donors (Lipinski definition) is 3. The first kappa shape index (κ1) is 28.7. The molecule has 1 aromatic carbocycles. The van der Waals surface area contributed by atoms with Gasteiger partial charge in [0, 0.05) is 61.7 Å². The number of carbonyl (C=O) groups is 1. The number of benzene rings is 1. The van der Waals surface area contributed by atoms with Crippen molar-refractivity contribution in [3.63, 3.8) is 0 Å². The van der Waals surface area contributed by atoms with Gasteiger partial charge in [0.2, 0.25) is 11.6 Å². The highest BCUT2D eigenvalue weighted by molar-refractivity contribution is 7.94. The fourth-order valence-electron chi connectivity index (χ4n) is 2.75. The lowest BCUT2D eigenvalue weighted by Gasteiger charge is -2.27. The molecule has 0 bridgehead atoms. The Balaban J connectivity index is 2.43. The van der Waals surface area contributed by atoms with Gasteiger partial charge in [-0.15, -0.1) is 18.9 Å². The van der Waals surface area contributed by atoms with Crippen LogP contribution in [0.1, 0.15) is 12.6 Å². The van der Waals surface area contributed by atoms with E-state index in [0.29, 0.717) is 63.8 Å². The Hall–Kier alpha value is -2.53. The van der Waals surface area contributed by atoms with Crippen LogP contribution in [0, 0.1) is 13.5 Å². The van der Waals surface area contributed by atoms with Gasteiger partial charge in [-0.25, -0.2) is 19.7 Å².